The van der Waals surface area contributed by atoms with Gasteiger partial charge in [0.05, 0.1) is 28.8 Å². The average molecular weight is 381 g/mol. The Bertz CT molecular complexity index is 805. The maximum absolute atomic E-state index is 14.4. The van der Waals surface area contributed by atoms with Crippen LogP contribution in [0.5, 0.6) is 0 Å². The van der Waals surface area contributed by atoms with Gasteiger partial charge in [0, 0.05) is 38.0 Å². The van der Waals surface area contributed by atoms with Crippen molar-refractivity contribution in [1.82, 2.24) is 4.98 Å². The first-order valence-corrected chi connectivity index (χ1v) is 8.49. The van der Waals surface area contributed by atoms with E-state index < -0.39 is 10.7 Å². The molecule has 26 heavy (non-hydrogen) atoms. The largest absolute Gasteiger partial charge is 0.379 e. The second-order valence-corrected chi connectivity index (χ2v) is 6.39. The summed E-state index contributed by atoms with van der Waals surface area (Å²) in [6.07, 6.45) is 1.61. The van der Waals surface area contributed by atoms with Crippen LogP contribution in [-0.2, 0) is 11.3 Å². The number of non-ortho nitro benzene ring substituents is 1. The number of rotatable bonds is 5. The number of halogens is 2. The molecule has 2 heterocycles. The maximum atomic E-state index is 14.4. The van der Waals surface area contributed by atoms with E-state index >= 15 is 0 Å². The van der Waals surface area contributed by atoms with Crippen LogP contribution in [0.3, 0.4) is 0 Å². The van der Waals surface area contributed by atoms with Crippen molar-refractivity contribution in [2.45, 2.75) is 13.5 Å². The van der Waals surface area contributed by atoms with E-state index in [1.165, 1.54) is 18.2 Å². The van der Waals surface area contributed by atoms with Gasteiger partial charge in [-0.25, -0.2) is 9.37 Å². The molecular formula is C17H18ClFN4O3. The second-order valence-electron chi connectivity index (χ2n) is 5.98. The van der Waals surface area contributed by atoms with Crippen LogP contribution < -0.4 is 10.2 Å². The standard InChI is InChI=1S/C17H18ClFN4O3/c1-11-6-13(23(24)25)8-14(18)16(11)20-9-12-7-15(19)17(21-10-12)22-2-4-26-5-3-22/h6-8,10,20H,2-5,9H2,1H3. The fourth-order valence-corrected chi connectivity index (χ4v) is 3.15. The van der Waals surface area contributed by atoms with Gasteiger partial charge in [-0.05, 0) is 24.1 Å². The molecule has 0 amide bonds. The Labute approximate surface area is 154 Å². The molecule has 2 aromatic rings. The molecule has 0 bridgehead atoms. The predicted molar refractivity (Wildman–Crippen MR) is 97.4 cm³/mol. The summed E-state index contributed by atoms with van der Waals surface area (Å²) in [5, 5.41) is 14.2. The van der Waals surface area contributed by atoms with Crippen molar-refractivity contribution < 1.29 is 14.1 Å². The van der Waals surface area contributed by atoms with Crippen LogP contribution in [0.2, 0.25) is 5.02 Å². The Morgan fingerprint density at radius 1 is 1.38 bits per heavy atom. The lowest BCUT2D eigenvalue weighted by atomic mass is 10.1. The highest BCUT2D eigenvalue weighted by Gasteiger charge is 2.17. The zero-order chi connectivity index (χ0) is 18.7. The van der Waals surface area contributed by atoms with E-state index in [1.54, 1.807) is 13.1 Å². The average Bonchev–Trinajstić information content (AvgIpc) is 2.61. The van der Waals surface area contributed by atoms with Gasteiger partial charge in [0.1, 0.15) is 0 Å². The Kier molecular flexibility index (Phi) is 5.53. The number of nitrogens with one attached hydrogen (secondary N) is 1. The van der Waals surface area contributed by atoms with Gasteiger partial charge < -0.3 is 15.0 Å². The number of aryl methyl sites for hydroxylation is 1. The molecular weight excluding hydrogens is 363 g/mol. The number of ether oxygens (including phenoxy) is 1. The highest BCUT2D eigenvalue weighted by atomic mass is 35.5. The van der Waals surface area contributed by atoms with Crippen molar-refractivity contribution in [1.29, 1.82) is 0 Å². The molecule has 1 fully saturated rings. The van der Waals surface area contributed by atoms with Gasteiger partial charge in [-0.2, -0.15) is 0 Å². The first-order chi connectivity index (χ1) is 12.5. The van der Waals surface area contributed by atoms with Crippen molar-refractivity contribution in [3.05, 3.63) is 56.5 Å². The Morgan fingerprint density at radius 3 is 2.73 bits per heavy atom. The molecule has 0 spiro atoms. The van der Waals surface area contributed by atoms with Gasteiger partial charge in [0.2, 0.25) is 0 Å². The van der Waals surface area contributed by atoms with Gasteiger partial charge in [-0.3, -0.25) is 10.1 Å². The van der Waals surface area contributed by atoms with E-state index in [0.717, 1.165) is 0 Å². The second kappa shape index (κ2) is 7.84. The van der Waals surface area contributed by atoms with Crippen LogP contribution >= 0.6 is 11.6 Å². The van der Waals surface area contributed by atoms with Crippen molar-refractivity contribution >= 4 is 28.8 Å². The smallest absolute Gasteiger partial charge is 0.271 e. The molecule has 7 nitrogen and oxygen atoms in total. The lowest BCUT2D eigenvalue weighted by molar-refractivity contribution is -0.384. The highest BCUT2D eigenvalue weighted by Crippen LogP contribution is 2.31. The summed E-state index contributed by atoms with van der Waals surface area (Å²) in [4.78, 5) is 16.5. The molecule has 1 aromatic heterocycles. The lowest BCUT2D eigenvalue weighted by Gasteiger charge is -2.28. The van der Waals surface area contributed by atoms with E-state index in [-0.39, 0.29) is 10.7 Å². The zero-order valence-corrected chi connectivity index (χ0v) is 14.9. The first-order valence-electron chi connectivity index (χ1n) is 8.11. The summed E-state index contributed by atoms with van der Waals surface area (Å²) < 4.78 is 19.6. The molecule has 1 aliphatic rings. The predicted octanol–water partition coefficient (Wildman–Crippen LogP) is 3.54. The number of nitrogens with zero attached hydrogens (tertiary/aromatic N) is 3. The summed E-state index contributed by atoms with van der Waals surface area (Å²) in [6, 6.07) is 4.16. The monoisotopic (exact) mass is 380 g/mol. The van der Waals surface area contributed by atoms with Crippen LogP contribution in [0.15, 0.2) is 24.4 Å². The normalized spacial score (nSPS) is 14.3. The molecule has 1 aliphatic heterocycles. The number of benzene rings is 1. The van der Waals surface area contributed by atoms with Gasteiger partial charge in [0.15, 0.2) is 11.6 Å². The minimum atomic E-state index is -0.494. The highest BCUT2D eigenvalue weighted by molar-refractivity contribution is 6.33. The molecule has 9 heteroatoms. The van der Waals surface area contributed by atoms with Gasteiger partial charge in [-0.15, -0.1) is 0 Å². The summed E-state index contributed by atoms with van der Waals surface area (Å²) in [5.74, 6) is -0.0701. The molecule has 0 aliphatic carbocycles. The third-order valence-electron chi connectivity index (χ3n) is 4.14. The van der Waals surface area contributed by atoms with Gasteiger partial charge >= 0.3 is 0 Å². The number of nitro groups is 1. The van der Waals surface area contributed by atoms with E-state index in [1.807, 2.05) is 4.90 Å². The lowest BCUT2D eigenvalue weighted by Crippen LogP contribution is -2.37. The molecule has 1 aromatic carbocycles. The topological polar surface area (TPSA) is 80.5 Å². The minimum Gasteiger partial charge on any atom is -0.379 e. The summed E-state index contributed by atoms with van der Waals surface area (Å²) >= 11 is 6.13. The maximum Gasteiger partial charge on any atom is 0.271 e. The van der Waals surface area contributed by atoms with Crippen LogP contribution in [0.1, 0.15) is 11.1 Å². The quantitative estimate of drug-likeness (QED) is 0.631. The SMILES string of the molecule is Cc1cc([N+](=O)[O-])cc(Cl)c1NCc1cnc(N2CCOCC2)c(F)c1. The van der Waals surface area contributed by atoms with Crippen molar-refractivity contribution in [2.75, 3.05) is 36.5 Å². The summed E-state index contributed by atoms with van der Waals surface area (Å²) in [5.41, 5.74) is 1.80. The molecule has 0 radical (unpaired) electrons. The van der Waals surface area contributed by atoms with Crippen molar-refractivity contribution in [3.63, 3.8) is 0 Å². The van der Waals surface area contributed by atoms with E-state index in [9.17, 15) is 14.5 Å². The van der Waals surface area contributed by atoms with Gasteiger partial charge in [0.25, 0.3) is 5.69 Å². The summed E-state index contributed by atoms with van der Waals surface area (Å²) in [6.45, 7) is 4.36. The number of hydrogen-bond acceptors (Lipinski definition) is 6. The van der Waals surface area contributed by atoms with Crippen LogP contribution in [0, 0.1) is 22.9 Å². The Morgan fingerprint density at radius 2 is 2.12 bits per heavy atom. The third-order valence-corrected chi connectivity index (χ3v) is 4.44. The zero-order valence-electron chi connectivity index (χ0n) is 14.2. The fraction of sp³-hybridized carbons (Fsp3) is 0.353. The number of aromatic nitrogens is 1. The number of pyridine rings is 1. The molecule has 3 rings (SSSR count). The number of nitro benzene ring substituents is 1. The molecule has 0 atom stereocenters. The molecule has 1 N–H and O–H groups in total. The van der Waals surface area contributed by atoms with E-state index in [2.05, 4.69) is 10.3 Å². The van der Waals surface area contributed by atoms with Crippen LogP contribution in [0.25, 0.3) is 0 Å². The summed E-state index contributed by atoms with van der Waals surface area (Å²) in [7, 11) is 0. The van der Waals surface area contributed by atoms with E-state index in [0.29, 0.717) is 55.5 Å². The molecule has 0 unspecified atom stereocenters. The minimum absolute atomic E-state index is 0.0689. The van der Waals surface area contributed by atoms with Gasteiger partial charge in [-0.1, -0.05) is 11.6 Å². The molecule has 138 valence electrons. The number of morpholine rings is 1. The third kappa shape index (κ3) is 4.03. The Balaban J connectivity index is 1.72. The van der Waals surface area contributed by atoms with Crippen LogP contribution in [-0.4, -0.2) is 36.2 Å². The first kappa shape index (κ1) is 18.3. The van der Waals surface area contributed by atoms with Crippen molar-refractivity contribution in [3.8, 4) is 0 Å². The number of anilines is 2. The van der Waals surface area contributed by atoms with Crippen molar-refractivity contribution in [2.24, 2.45) is 0 Å². The fourth-order valence-electron chi connectivity index (χ4n) is 2.82. The number of hydrogen-bond donors (Lipinski definition) is 1. The van der Waals surface area contributed by atoms with Crippen LogP contribution in [0.4, 0.5) is 21.6 Å². The molecule has 0 saturated carbocycles. The molecule has 1 saturated heterocycles. The Hall–Kier alpha value is -2.45. The van der Waals surface area contributed by atoms with E-state index in [4.69, 9.17) is 16.3 Å².